The fourth-order valence-electron chi connectivity index (χ4n) is 3.06. The van der Waals surface area contributed by atoms with Gasteiger partial charge in [-0.25, -0.2) is 4.68 Å². The standard InChI is InChI=1S/C18H22Cl2N4O/c1-13-16(12-21-8-4-10-23-9-3-7-17(23)25)18(20)24(22-13)15-6-2-5-14(19)11-15/h2,5-6,11,21H,3-4,7-10,12H2,1H3. The molecule has 1 saturated heterocycles. The average molecular weight is 381 g/mol. The smallest absolute Gasteiger partial charge is 0.222 e. The molecule has 1 aliphatic rings. The van der Waals surface area contributed by atoms with Gasteiger partial charge in [0.05, 0.1) is 11.4 Å². The number of likely N-dealkylation sites (tertiary alicyclic amines) is 1. The molecule has 0 spiro atoms. The van der Waals surface area contributed by atoms with Crippen molar-refractivity contribution in [2.75, 3.05) is 19.6 Å². The highest BCUT2D eigenvalue weighted by Gasteiger charge is 2.19. The molecule has 1 aromatic heterocycles. The van der Waals surface area contributed by atoms with Crippen molar-refractivity contribution >= 4 is 29.1 Å². The Morgan fingerprint density at radius 3 is 2.88 bits per heavy atom. The lowest BCUT2D eigenvalue weighted by molar-refractivity contribution is -0.127. The van der Waals surface area contributed by atoms with Gasteiger partial charge in [0.25, 0.3) is 0 Å². The average Bonchev–Trinajstić information content (AvgIpc) is 3.11. The van der Waals surface area contributed by atoms with Crippen LogP contribution in [0.1, 0.15) is 30.5 Å². The van der Waals surface area contributed by atoms with Gasteiger partial charge in [-0.05, 0) is 44.5 Å². The predicted octanol–water partition coefficient (Wildman–Crippen LogP) is 3.59. The lowest BCUT2D eigenvalue weighted by Gasteiger charge is -2.15. The van der Waals surface area contributed by atoms with Gasteiger partial charge in [-0.2, -0.15) is 5.10 Å². The van der Waals surface area contributed by atoms with Crippen molar-refractivity contribution in [2.24, 2.45) is 0 Å². The second-order valence-electron chi connectivity index (χ2n) is 6.26. The second kappa shape index (κ2) is 8.21. The molecule has 1 N–H and O–H groups in total. The molecule has 0 aliphatic carbocycles. The number of nitrogens with zero attached hydrogens (tertiary/aromatic N) is 3. The van der Waals surface area contributed by atoms with Crippen molar-refractivity contribution in [1.82, 2.24) is 20.0 Å². The Kier molecular flexibility index (Phi) is 5.99. The minimum atomic E-state index is 0.279. The summed E-state index contributed by atoms with van der Waals surface area (Å²) in [6.45, 7) is 5.16. The molecule has 0 unspecified atom stereocenters. The molecule has 1 fully saturated rings. The van der Waals surface area contributed by atoms with Crippen molar-refractivity contribution in [3.63, 3.8) is 0 Å². The number of amides is 1. The topological polar surface area (TPSA) is 50.2 Å². The van der Waals surface area contributed by atoms with Gasteiger partial charge in [0, 0.05) is 36.6 Å². The van der Waals surface area contributed by atoms with Gasteiger partial charge in [0.15, 0.2) is 0 Å². The normalized spacial score (nSPS) is 14.5. The summed E-state index contributed by atoms with van der Waals surface area (Å²) in [6.07, 6.45) is 2.62. The lowest BCUT2D eigenvalue weighted by Crippen LogP contribution is -2.28. The zero-order valence-corrected chi connectivity index (χ0v) is 15.8. The zero-order valence-electron chi connectivity index (χ0n) is 14.3. The molecule has 0 saturated carbocycles. The third kappa shape index (κ3) is 4.35. The number of halogens is 2. The molecule has 1 aromatic carbocycles. The first kappa shape index (κ1) is 18.2. The molecule has 1 aliphatic heterocycles. The van der Waals surface area contributed by atoms with Gasteiger partial charge in [-0.1, -0.05) is 29.3 Å². The van der Waals surface area contributed by atoms with Crippen LogP contribution in [0, 0.1) is 6.92 Å². The van der Waals surface area contributed by atoms with E-state index >= 15 is 0 Å². The van der Waals surface area contributed by atoms with Gasteiger partial charge < -0.3 is 10.2 Å². The Morgan fingerprint density at radius 1 is 1.32 bits per heavy atom. The fraction of sp³-hybridized carbons (Fsp3) is 0.444. The van der Waals surface area contributed by atoms with Gasteiger partial charge in [0.2, 0.25) is 5.91 Å². The summed E-state index contributed by atoms with van der Waals surface area (Å²) in [5.41, 5.74) is 2.73. The molecule has 3 rings (SSSR count). The van der Waals surface area contributed by atoms with E-state index in [1.54, 1.807) is 4.68 Å². The van der Waals surface area contributed by atoms with Crippen molar-refractivity contribution < 1.29 is 4.79 Å². The second-order valence-corrected chi connectivity index (χ2v) is 7.06. The van der Waals surface area contributed by atoms with E-state index in [9.17, 15) is 4.79 Å². The van der Waals surface area contributed by atoms with Crippen molar-refractivity contribution in [3.8, 4) is 5.69 Å². The molecule has 1 amide bonds. The summed E-state index contributed by atoms with van der Waals surface area (Å²) in [4.78, 5) is 13.5. The lowest BCUT2D eigenvalue weighted by atomic mass is 10.2. The van der Waals surface area contributed by atoms with E-state index in [4.69, 9.17) is 23.2 Å². The van der Waals surface area contributed by atoms with E-state index in [-0.39, 0.29) is 5.91 Å². The van der Waals surface area contributed by atoms with Crippen LogP contribution in [0.3, 0.4) is 0 Å². The van der Waals surface area contributed by atoms with Crippen LogP contribution in [0.5, 0.6) is 0 Å². The first-order chi connectivity index (χ1) is 12.1. The van der Waals surface area contributed by atoms with E-state index in [1.807, 2.05) is 36.1 Å². The monoisotopic (exact) mass is 380 g/mol. The Morgan fingerprint density at radius 2 is 2.16 bits per heavy atom. The minimum Gasteiger partial charge on any atom is -0.343 e. The summed E-state index contributed by atoms with van der Waals surface area (Å²) < 4.78 is 1.71. The molecular formula is C18H22Cl2N4O. The first-order valence-electron chi connectivity index (χ1n) is 8.54. The molecule has 7 heteroatoms. The molecule has 25 heavy (non-hydrogen) atoms. The van der Waals surface area contributed by atoms with E-state index in [0.29, 0.717) is 23.1 Å². The molecular weight excluding hydrogens is 359 g/mol. The summed E-state index contributed by atoms with van der Waals surface area (Å²) >= 11 is 12.6. The number of hydrogen-bond acceptors (Lipinski definition) is 3. The largest absolute Gasteiger partial charge is 0.343 e. The van der Waals surface area contributed by atoms with Crippen LogP contribution in [0.15, 0.2) is 24.3 Å². The number of rotatable bonds is 7. The molecule has 0 atom stereocenters. The molecule has 2 aromatic rings. The van der Waals surface area contributed by atoms with E-state index in [0.717, 1.165) is 49.4 Å². The maximum absolute atomic E-state index is 11.6. The number of aryl methyl sites for hydroxylation is 1. The fourth-order valence-corrected chi connectivity index (χ4v) is 3.58. The third-order valence-corrected chi connectivity index (χ3v) is 5.05. The third-order valence-electron chi connectivity index (χ3n) is 4.43. The minimum absolute atomic E-state index is 0.279. The number of nitrogens with one attached hydrogen (secondary N) is 1. The number of carbonyl (C=O) groups is 1. The highest BCUT2D eigenvalue weighted by Crippen LogP contribution is 2.24. The van der Waals surface area contributed by atoms with Crippen LogP contribution in [0.25, 0.3) is 5.69 Å². The Hall–Kier alpha value is -1.56. The molecule has 134 valence electrons. The Balaban J connectivity index is 1.55. The van der Waals surface area contributed by atoms with Crippen LogP contribution in [-0.4, -0.2) is 40.2 Å². The van der Waals surface area contributed by atoms with Gasteiger partial charge >= 0.3 is 0 Å². The van der Waals surface area contributed by atoms with Crippen molar-refractivity contribution in [1.29, 1.82) is 0 Å². The summed E-state index contributed by atoms with van der Waals surface area (Å²) in [5, 5.41) is 9.17. The van der Waals surface area contributed by atoms with E-state index in [2.05, 4.69) is 10.4 Å². The summed E-state index contributed by atoms with van der Waals surface area (Å²) in [6, 6.07) is 7.46. The maximum atomic E-state index is 11.6. The number of benzene rings is 1. The first-order valence-corrected chi connectivity index (χ1v) is 9.30. The van der Waals surface area contributed by atoms with Crippen LogP contribution >= 0.6 is 23.2 Å². The Bertz CT molecular complexity index is 760. The predicted molar refractivity (Wildman–Crippen MR) is 100 cm³/mol. The van der Waals surface area contributed by atoms with Crippen LogP contribution < -0.4 is 5.32 Å². The number of aromatic nitrogens is 2. The van der Waals surface area contributed by atoms with Gasteiger partial charge in [-0.15, -0.1) is 0 Å². The van der Waals surface area contributed by atoms with Crippen LogP contribution in [-0.2, 0) is 11.3 Å². The molecule has 0 bridgehead atoms. The van der Waals surface area contributed by atoms with Crippen LogP contribution in [0.4, 0.5) is 0 Å². The Labute approximate surface area is 157 Å². The summed E-state index contributed by atoms with van der Waals surface area (Å²) in [7, 11) is 0. The van der Waals surface area contributed by atoms with Gasteiger partial charge in [-0.3, -0.25) is 4.79 Å². The van der Waals surface area contributed by atoms with E-state index in [1.165, 1.54) is 0 Å². The van der Waals surface area contributed by atoms with Crippen molar-refractivity contribution in [3.05, 3.63) is 45.7 Å². The molecule has 5 nitrogen and oxygen atoms in total. The SMILES string of the molecule is Cc1nn(-c2cccc(Cl)c2)c(Cl)c1CNCCCN1CCCC1=O. The van der Waals surface area contributed by atoms with E-state index < -0.39 is 0 Å². The molecule has 0 radical (unpaired) electrons. The van der Waals surface area contributed by atoms with Crippen LogP contribution in [0.2, 0.25) is 10.2 Å². The zero-order chi connectivity index (χ0) is 17.8. The number of carbonyl (C=O) groups excluding carboxylic acids is 1. The maximum Gasteiger partial charge on any atom is 0.222 e. The van der Waals surface area contributed by atoms with Gasteiger partial charge in [0.1, 0.15) is 5.15 Å². The highest BCUT2D eigenvalue weighted by atomic mass is 35.5. The number of hydrogen-bond donors (Lipinski definition) is 1. The molecule has 2 heterocycles. The highest BCUT2D eigenvalue weighted by molar-refractivity contribution is 6.31. The summed E-state index contributed by atoms with van der Waals surface area (Å²) in [5.74, 6) is 0.279. The quantitative estimate of drug-likeness (QED) is 0.746. The van der Waals surface area contributed by atoms with Crippen molar-refractivity contribution in [2.45, 2.75) is 32.7 Å².